The smallest absolute Gasteiger partial charge is 0.309 e. The molecule has 15 nitrogen and oxygen atoms in total. The number of carbonyl (C=O) groups is 1. The number of aliphatic hydroxyl groups excluding tert-OH is 7. The van der Waals surface area contributed by atoms with Crippen molar-refractivity contribution in [2.45, 2.75) is 209 Å². The molecule has 8 N–H and O–H groups in total. The third-order valence-electron chi connectivity index (χ3n) is 15.7. The lowest BCUT2D eigenvalue weighted by atomic mass is 9.41. The molecule has 0 aromatic rings. The highest BCUT2D eigenvalue weighted by Crippen LogP contribution is 2.73. The molecule has 7 fully saturated rings. The van der Waals surface area contributed by atoms with Crippen LogP contribution in [-0.2, 0) is 33.2 Å². The summed E-state index contributed by atoms with van der Waals surface area (Å²) in [5, 5.41) is 87.2. The molecule has 15 heteroatoms. The topological polar surface area (TPSA) is 234 Å². The van der Waals surface area contributed by atoms with Gasteiger partial charge in [0.15, 0.2) is 18.9 Å². The average Bonchev–Trinajstić information content (AvgIpc) is 3.36. The molecule has 7 aliphatic rings. The predicted octanol–water partition coefficient (Wildman–Crippen LogP) is 1.88. The Morgan fingerprint density at radius 2 is 1.20 bits per heavy atom. The maximum atomic E-state index is 12.7. The quantitative estimate of drug-likeness (QED) is 0.116. The molecular weight excluding hydrogens is 732 g/mol. The first kappa shape index (κ1) is 42.8. The molecular formula is C41H66O15. The summed E-state index contributed by atoms with van der Waals surface area (Å²) in [6.45, 7) is 14.1. The van der Waals surface area contributed by atoms with Crippen molar-refractivity contribution in [3.8, 4) is 0 Å². The van der Waals surface area contributed by atoms with Crippen LogP contribution in [0, 0.1) is 28.1 Å². The minimum Gasteiger partial charge on any atom is -0.481 e. The third kappa shape index (κ3) is 6.72. The minimum atomic E-state index is -1.71. The molecule has 4 saturated carbocycles. The Kier molecular flexibility index (Phi) is 11.9. The van der Waals surface area contributed by atoms with Crippen molar-refractivity contribution >= 4 is 5.97 Å². The van der Waals surface area contributed by atoms with Crippen LogP contribution in [0.5, 0.6) is 0 Å². The van der Waals surface area contributed by atoms with Crippen LogP contribution >= 0.6 is 0 Å². The highest BCUT2D eigenvalue weighted by atomic mass is 16.8. The number of aliphatic hydroxyl groups is 7. The van der Waals surface area contributed by atoms with Gasteiger partial charge in [0.1, 0.15) is 54.9 Å². The lowest BCUT2D eigenvalue weighted by Gasteiger charge is -2.64. The van der Waals surface area contributed by atoms with Crippen molar-refractivity contribution in [1.82, 2.24) is 0 Å². The molecule has 9 unspecified atom stereocenters. The Morgan fingerprint density at radius 1 is 0.679 bits per heavy atom. The van der Waals surface area contributed by atoms with Gasteiger partial charge in [0.25, 0.3) is 0 Å². The summed E-state index contributed by atoms with van der Waals surface area (Å²) in [4.78, 5) is 12.7. The maximum absolute atomic E-state index is 12.7. The van der Waals surface area contributed by atoms with Crippen molar-refractivity contribution in [3.05, 3.63) is 12.2 Å². The first-order chi connectivity index (χ1) is 26.4. The van der Waals surface area contributed by atoms with Gasteiger partial charge in [-0.2, -0.15) is 0 Å². The van der Waals surface area contributed by atoms with Crippen LogP contribution in [0.4, 0.5) is 0 Å². The standard InChI is InChI=1S/C41H66O15/c1-7-20-25(42)28(45)30(47)34(51-20)54-32-27(44)22(9-3)53-36(33(32)55-35-31(48)29(46)26(43)21(8-2)52-35)56-41-16-12-24-38(5)13-10-14-39(6,37(49)50)23(38)11-15-40(24,18-41)17-19(41)4/h20-36,42-48H,4,7-18H2,1-3,5-6H3,(H,49,50)/t20-,21?,22-,23+,24+,25?,26-,27?,28?,29?,30-,31?,32?,33-,34?,35+,36?,38-,39-,40-,41+/m1/s1. The van der Waals surface area contributed by atoms with Gasteiger partial charge in [0.05, 0.1) is 29.3 Å². The number of ether oxygens (including phenoxy) is 6. The van der Waals surface area contributed by atoms with E-state index in [1.54, 1.807) is 13.8 Å². The molecule has 0 aromatic heterocycles. The fourth-order valence-electron chi connectivity index (χ4n) is 12.7. The fourth-order valence-corrected chi connectivity index (χ4v) is 12.7. The molecule has 2 bridgehead atoms. The Labute approximate surface area is 329 Å². The molecule has 0 aromatic carbocycles. The van der Waals surface area contributed by atoms with Gasteiger partial charge in [-0.1, -0.05) is 40.7 Å². The second-order valence-corrected chi connectivity index (χ2v) is 18.7. The van der Waals surface area contributed by atoms with Crippen LogP contribution in [0.25, 0.3) is 0 Å². The molecule has 0 radical (unpaired) electrons. The van der Waals surface area contributed by atoms with Crippen LogP contribution in [0.1, 0.15) is 112 Å². The summed E-state index contributed by atoms with van der Waals surface area (Å²) in [6.07, 6.45) is -12.9. The molecule has 3 saturated heterocycles. The van der Waals surface area contributed by atoms with Crippen LogP contribution < -0.4 is 0 Å². The van der Waals surface area contributed by atoms with Crippen molar-refractivity contribution in [1.29, 1.82) is 0 Å². The zero-order valence-corrected chi connectivity index (χ0v) is 33.4. The van der Waals surface area contributed by atoms with Crippen LogP contribution in [0.3, 0.4) is 0 Å². The number of carboxylic acids is 1. The largest absolute Gasteiger partial charge is 0.481 e. The van der Waals surface area contributed by atoms with Gasteiger partial charge in [-0.15, -0.1) is 0 Å². The van der Waals surface area contributed by atoms with E-state index < -0.39 is 109 Å². The Bertz CT molecular complexity index is 1440. The number of hydrogen-bond acceptors (Lipinski definition) is 14. The van der Waals surface area contributed by atoms with Gasteiger partial charge in [-0.3, -0.25) is 4.79 Å². The molecule has 21 atom stereocenters. The third-order valence-corrected chi connectivity index (χ3v) is 15.7. The van der Waals surface area contributed by atoms with Crippen LogP contribution in [-0.4, -0.2) is 145 Å². The summed E-state index contributed by atoms with van der Waals surface area (Å²) in [5.74, 6) is -0.414. The Hall–Kier alpha value is -1.31. The molecule has 0 amide bonds. The molecule has 1 spiro atoms. The van der Waals surface area contributed by atoms with E-state index in [-0.39, 0.29) is 35.5 Å². The van der Waals surface area contributed by atoms with E-state index in [0.29, 0.717) is 32.1 Å². The average molecular weight is 799 g/mol. The number of aliphatic carboxylic acids is 1. The Balaban J connectivity index is 1.21. The second-order valence-electron chi connectivity index (χ2n) is 18.7. The van der Waals surface area contributed by atoms with E-state index in [1.807, 2.05) is 13.8 Å². The Morgan fingerprint density at radius 3 is 1.75 bits per heavy atom. The van der Waals surface area contributed by atoms with E-state index >= 15 is 0 Å². The summed E-state index contributed by atoms with van der Waals surface area (Å²) < 4.78 is 38.4. The van der Waals surface area contributed by atoms with Gasteiger partial charge in [-0.05, 0) is 106 Å². The van der Waals surface area contributed by atoms with E-state index in [2.05, 4.69) is 13.5 Å². The molecule has 7 rings (SSSR count). The zero-order chi connectivity index (χ0) is 40.7. The number of fused-ring (bicyclic) bond motifs is 3. The van der Waals surface area contributed by atoms with Crippen molar-refractivity contribution in [2.24, 2.45) is 28.1 Å². The predicted molar refractivity (Wildman–Crippen MR) is 196 cm³/mol. The van der Waals surface area contributed by atoms with Crippen molar-refractivity contribution < 1.29 is 74.1 Å². The normalized spacial score (nSPS) is 54.6. The molecule has 4 aliphatic carbocycles. The van der Waals surface area contributed by atoms with E-state index in [4.69, 9.17) is 28.4 Å². The molecule has 3 heterocycles. The second kappa shape index (κ2) is 15.6. The SMILES string of the molecule is C=C1C[C@@]23CC[C@H]4[C@@](C)(CCC[C@@]4(C)C(=O)O)[C@@H]2CC[C@]1(OC1O[C@H](CC)C(O)C(OC2O[C@H](CC)C(O)C(O)[C@H]2O)[C@H]1O[C@@H]1OC(CC)[C@@H](O)C(O)C1O)C3. The van der Waals surface area contributed by atoms with E-state index in [0.717, 1.165) is 37.7 Å². The molecule has 320 valence electrons. The van der Waals surface area contributed by atoms with E-state index in [1.165, 1.54) is 0 Å². The number of carboxylic acid groups (broad SMARTS) is 1. The van der Waals surface area contributed by atoms with Gasteiger partial charge < -0.3 is 69.3 Å². The van der Waals surface area contributed by atoms with E-state index in [9.17, 15) is 45.6 Å². The van der Waals surface area contributed by atoms with Gasteiger partial charge >= 0.3 is 5.97 Å². The van der Waals surface area contributed by atoms with Gasteiger partial charge in [-0.25, -0.2) is 0 Å². The fraction of sp³-hybridized carbons (Fsp3) is 0.927. The van der Waals surface area contributed by atoms with Gasteiger partial charge in [0.2, 0.25) is 0 Å². The zero-order valence-electron chi connectivity index (χ0n) is 33.4. The van der Waals surface area contributed by atoms with Crippen LogP contribution in [0.2, 0.25) is 0 Å². The summed E-state index contributed by atoms with van der Waals surface area (Å²) >= 11 is 0. The minimum absolute atomic E-state index is 0.0513. The van der Waals surface area contributed by atoms with Crippen LogP contribution in [0.15, 0.2) is 12.2 Å². The first-order valence-electron chi connectivity index (χ1n) is 21.0. The first-order valence-corrected chi connectivity index (χ1v) is 21.0. The van der Waals surface area contributed by atoms with Gasteiger partial charge in [0, 0.05) is 0 Å². The summed E-state index contributed by atoms with van der Waals surface area (Å²) in [7, 11) is 0. The summed E-state index contributed by atoms with van der Waals surface area (Å²) in [5.41, 5.74) is -1.12. The molecule has 56 heavy (non-hydrogen) atoms. The highest BCUT2D eigenvalue weighted by molar-refractivity contribution is 5.75. The monoisotopic (exact) mass is 798 g/mol. The number of hydrogen-bond donors (Lipinski definition) is 8. The molecule has 3 aliphatic heterocycles. The summed E-state index contributed by atoms with van der Waals surface area (Å²) in [6, 6.07) is 0. The lowest BCUT2D eigenvalue weighted by molar-refractivity contribution is -0.397. The van der Waals surface area contributed by atoms with Crippen molar-refractivity contribution in [3.63, 3.8) is 0 Å². The number of rotatable bonds is 10. The highest BCUT2D eigenvalue weighted by Gasteiger charge is 2.69. The lowest BCUT2D eigenvalue weighted by Crippen LogP contribution is -2.67. The maximum Gasteiger partial charge on any atom is 0.309 e. The van der Waals surface area contributed by atoms with Crippen molar-refractivity contribution in [2.75, 3.05) is 0 Å².